The molecule has 2 N–H and O–H groups in total. The highest BCUT2D eigenvalue weighted by Gasteiger charge is 2.06. The standard InChI is InChI=1S/C22H18N4O2/c27-21(15-23-25-19-7-3-1-4-8-19)17-11-13-18(14-12-17)22(28)16-24-26-20-9-5-2-6-10-20/h1-16,25-26H/b23-15-,24-16-. The monoisotopic (exact) mass is 370 g/mol. The Bertz CT molecular complexity index is 900. The Hall–Kier alpha value is -4.06. The molecular weight excluding hydrogens is 352 g/mol. The summed E-state index contributed by atoms with van der Waals surface area (Å²) in [6.45, 7) is 0. The van der Waals surface area contributed by atoms with E-state index in [0.29, 0.717) is 11.1 Å². The second-order valence-corrected chi connectivity index (χ2v) is 5.78. The van der Waals surface area contributed by atoms with Gasteiger partial charge in [0.1, 0.15) is 0 Å². The van der Waals surface area contributed by atoms with Crippen LogP contribution in [-0.4, -0.2) is 24.0 Å². The van der Waals surface area contributed by atoms with Crippen LogP contribution in [0.4, 0.5) is 11.4 Å². The van der Waals surface area contributed by atoms with E-state index in [2.05, 4.69) is 21.1 Å². The number of nitrogens with one attached hydrogen (secondary N) is 2. The molecule has 28 heavy (non-hydrogen) atoms. The number of hydrazone groups is 2. The van der Waals surface area contributed by atoms with Gasteiger partial charge in [0.05, 0.1) is 23.8 Å². The van der Waals surface area contributed by atoms with Crippen LogP contribution < -0.4 is 10.9 Å². The Kier molecular flexibility index (Phi) is 6.41. The topological polar surface area (TPSA) is 82.9 Å². The number of carbonyl (C=O) groups is 2. The fourth-order valence-electron chi connectivity index (χ4n) is 2.30. The van der Waals surface area contributed by atoms with Gasteiger partial charge in [-0.15, -0.1) is 0 Å². The van der Waals surface area contributed by atoms with Gasteiger partial charge >= 0.3 is 0 Å². The van der Waals surface area contributed by atoms with Gasteiger partial charge in [-0.25, -0.2) is 0 Å². The molecule has 0 unspecified atom stereocenters. The summed E-state index contributed by atoms with van der Waals surface area (Å²) in [5, 5.41) is 7.85. The van der Waals surface area contributed by atoms with Gasteiger partial charge in [-0.2, -0.15) is 10.2 Å². The van der Waals surface area contributed by atoms with E-state index in [-0.39, 0.29) is 11.6 Å². The highest BCUT2D eigenvalue weighted by Crippen LogP contribution is 2.07. The van der Waals surface area contributed by atoms with Gasteiger partial charge < -0.3 is 0 Å². The molecule has 3 aromatic rings. The van der Waals surface area contributed by atoms with Crippen LogP contribution in [0.5, 0.6) is 0 Å². The second-order valence-electron chi connectivity index (χ2n) is 5.78. The van der Waals surface area contributed by atoms with Gasteiger partial charge in [-0.1, -0.05) is 60.7 Å². The lowest BCUT2D eigenvalue weighted by atomic mass is 10.1. The van der Waals surface area contributed by atoms with Crippen LogP contribution in [-0.2, 0) is 0 Å². The predicted octanol–water partition coefficient (Wildman–Crippen LogP) is 4.25. The zero-order valence-electron chi connectivity index (χ0n) is 14.9. The number of benzene rings is 3. The number of nitrogens with zero attached hydrogens (tertiary/aromatic N) is 2. The van der Waals surface area contributed by atoms with Gasteiger partial charge in [0, 0.05) is 11.1 Å². The van der Waals surface area contributed by atoms with Crippen molar-refractivity contribution in [2.24, 2.45) is 10.2 Å². The number of ketones is 2. The summed E-state index contributed by atoms with van der Waals surface area (Å²) in [4.78, 5) is 24.3. The molecule has 3 aromatic carbocycles. The maximum Gasteiger partial charge on any atom is 0.205 e. The summed E-state index contributed by atoms with van der Waals surface area (Å²) in [5.41, 5.74) is 8.02. The van der Waals surface area contributed by atoms with Crippen LogP contribution >= 0.6 is 0 Å². The van der Waals surface area contributed by atoms with Crippen molar-refractivity contribution in [2.75, 3.05) is 10.9 Å². The normalized spacial score (nSPS) is 10.9. The molecule has 0 heterocycles. The first-order valence-electron chi connectivity index (χ1n) is 8.59. The number of Topliss-reactive ketones (excluding diaryl/α,β-unsaturated/α-hetero) is 2. The van der Waals surface area contributed by atoms with E-state index in [1.54, 1.807) is 24.3 Å². The second kappa shape index (κ2) is 9.59. The van der Waals surface area contributed by atoms with E-state index in [4.69, 9.17) is 0 Å². The Balaban J connectivity index is 1.54. The maximum absolute atomic E-state index is 12.1. The zero-order chi connectivity index (χ0) is 19.6. The quantitative estimate of drug-likeness (QED) is 0.353. The molecule has 0 radical (unpaired) electrons. The molecule has 0 fully saturated rings. The Morgan fingerprint density at radius 3 is 1.29 bits per heavy atom. The molecule has 0 atom stereocenters. The van der Waals surface area contributed by atoms with Crippen molar-refractivity contribution in [1.29, 1.82) is 0 Å². The van der Waals surface area contributed by atoms with E-state index >= 15 is 0 Å². The molecule has 6 heteroatoms. The highest BCUT2D eigenvalue weighted by molar-refractivity contribution is 6.37. The van der Waals surface area contributed by atoms with E-state index < -0.39 is 0 Å². The molecule has 0 bridgehead atoms. The summed E-state index contributed by atoms with van der Waals surface area (Å²) in [6.07, 6.45) is 2.41. The van der Waals surface area contributed by atoms with Crippen LogP contribution in [0.2, 0.25) is 0 Å². The molecule has 0 aliphatic rings. The minimum atomic E-state index is -0.262. The van der Waals surface area contributed by atoms with Crippen LogP contribution in [0.1, 0.15) is 20.7 Å². The van der Waals surface area contributed by atoms with Crippen molar-refractivity contribution in [3.63, 3.8) is 0 Å². The van der Waals surface area contributed by atoms with Crippen LogP contribution in [0.15, 0.2) is 95.1 Å². The molecule has 0 aliphatic carbocycles. The van der Waals surface area contributed by atoms with Crippen LogP contribution in [0.25, 0.3) is 0 Å². The highest BCUT2D eigenvalue weighted by atomic mass is 16.1. The lowest BCUT2D eigenvalue weighted by Gasteiger charge is -2.00. The molecule has 3 rings (SSSR count). The smallest absolute Gasteiger partial charge is 0.205 e. The number of anilines is 2. The van der Waals surface area contributed by atoms with Gasteiger partial charge in [0.2, 0.25) is 11.6 Å². The Morgan fingerprint density at radius 1 is 0.571 bits per heavy atom. The van der Waals surface area contributed by atoms with E-state index in [1.165, 1.54) is 12.4 Å². The fraction of sp³-hybridized carbons (Fsp3) is 0. The van der Waals surface area contributed by atoms with Gasteiger partial charge in [-0.05, 0) is 24.3 Å². The lowest BCUT2D eigenvalue weighted by Crippen LogP contribution is -2.05. The van der Waals surface area contributed by atoms with Crippen molar-refractivity contribution in [3.8, 4) is 0 Å². The van der Waals surface area contributed by atoms with E-state index in [9.17, 15) is 9.59 Å². The maximum atomic E-state index is 12.1. The summed E-state index contributed by atoms with van der Waals surface area (Å²) in [6, 6.07) is 25.0. The summed E-state index contributed by atoms with van der Waals surface area (Å²) in [7, 11) is 0. The van der Waals surface area contributed by atoms with Gasteiger partial charge in [0.25, 0.3) is 0 Å². The van der Waals surface area contributed by atoms with E-state index in [0.717, 1.165) is 11.4 Å². The first kappa shape index (κ1) is 18.7. The minimum absolute atomic E-state index is 0.262. The summed E-state index contributed by atoms with van der Waals surface area (Å²) in [5.74, 6) is -0.524. The third-order valence-electron chi connectivity index (χ3n) is 3.75. The molecule has 0 aromatic heterocycles. The Labute approximate surface area is 162 Å². The molecule has 138 valence electrons. The molecule has 0 amide bonds. The molecule has 0 spiro atoms. The first-order valence-corrected chi connectivity index (χ1v) is 8.59. The van der Waals surface area contributed by atoms with Crippen molar-refractivity contribution in [2.45, 2.75) is 0 Å². The zero-order valence-corrected chi connectivity index (χ0v) is 14.9. The van der Waals surface area contributed by atoms with Crippen LogP contribution in [0, 0.1) is 0 Å². The minimum Gasteiger partial charge on any atom is -0.287 e. The number of carbonyl (C=O) groups excluding carboxylic acids is 2. The lowest BCUT2D eigenvalue weighted by molar-refractivity contribution is 0.106. The number of rotatable bonds is 8. The van der Waals surface area contributed by atoms with Crippen molar-refractivity contribution >= 4 is 35.4 Å². The average molecular weight is 370 g/mol. The fourth-order valence-corrected chi connectivity index (χ4v) is 2.30. The van der Waals surface area contributed by atoms with Crippen LogP contribution in [0.3, 0.4) is 0 Å². The molecule has 0 saturated carbocycles. The molecule has 0 saturated heterocycles. The predicted molar refractivity (Wildman–Crippen MR) is 112 cm³/mol. The van der Waals surface area contributed by atoms with E-state index in [1.807, 2.05) is 60.7 Å². The largest absolute Gasteiger partial charge is 0.287 e. The SMILES string of the molecule is O=C(/C=N\Nc1ccccc1)c1ccc(C(=O)/C=N\Nc2ccccc2)cc1. The third kappa shape index (κ3) is 5.47. The van der Waals surface area contributed by atoms with Gasteiger partial charge in [0.15, 0.2) is 0 Å². The van der Waals surface area contributed by atoms with Crippen molar-refractivity contribution in [3.05, 3.63) is 96.1 Å². The van der Waals surface area contributed by atoms with Crippen molar-refractivity contribution in [1.82, 2.24) is 0 Å². The first-order chi connectivity index (χ1) is 13.7. The number of hydrogen-bond donors (Lipinski definition) is 2. The van der Waals surface area contributed by atoms with Gasteiger partial charge in [-0.3, -0.25) is 20.4 Å². The summed E-state index contributed by atoms with van der Waals surface area (Å²) >= 11 is 0. The number of para-hydroxylation sites is 2. The molecular formula is C22H18N4O2. The van der Waals surface area contributed by atoms with Crippen molar-refractivity contribution < 1.29 is 9.59 Å². The molecule has 0 aliphatic heterocycles. The molecule has 6 nitrogen and oxygen atoms in total. The average Bonchev–Trinajstić information content (AvgIpc) is 2.75. The number of hydrogen-bond acceptors (Lipinski definition) is 6. The third-order valence-corrected chi connectivity index (χ3v) is 3.75. The Morgan fingerprint density at radius 2 is 0.929 bits per heavy atom. The summed E-state index contributed by atoms with van der Waals surface area (Å²) < 4.78 is 0.